The minimum Gasteiger partial charge on any atom is -0.481 e. The summed E-state index contributed by atoms with van der Waals surface area (Å²) in [5, 5.41) is 27.1. The molecule has 1 rings (SSSR count). The Labute approximate surface area is 93.4 Å². The van der Waals surface area contributed by atoms with Crippen molar-refractivity contribution in [1.29, 1.82) is 0 Å². The number of rotatable bonds is 5. The van der Waals surface area contributed by atoms with Gasteiger partial charge >= 0.3 is 11.9 Å². The van der Waals surface area contributed by atoms with Crippen LogP contribution in [0.2, 0.25) is 0 Å². The van der Waals surface area contributed by atoms with Crippen molar-refractivity contribution >= 4 is 11.9 Å². The number of aliphatic carboxylic acids is 2. The molecular weight excluding hydrogens is 212 g/mol. The van der Waals surface area contributed by atoms with Gasteiger partial charge in [-0.1, -0.05) is 12.2 Å². The summed E-state index contributed by atoms with van der Waals surface area (Å²) in [4.78, 5) is 22.4. The van der Waals surface area contributed by atoms with Crippen LogP contribution < -0.4 is 0 Å². The number of carboxylic acid groups (broad SMARTS) is 2. The summed E-state index contributed by atoms with van der Waals surface area (Å²) >= 11 is 0. The van der Waals surface area contributed by atoms with E-state index in [0.717, 1.165) is 0 Å². The van der Waals surface area contributed by atoms with Crippen LogP contribution in [0, 0.1) is 11.3 Å². The van der Waals surface area contributed by atoms with E-state index in [4.69, 9.17) is 10.2 Å². The van der Waals surface area contributed by atoms with E-state index >= 15 is 0 Å². The minimum absolute atomic E-state index is 0.130. The first-order valence-corrected chi connectivity index (χ1v) is 5.29. The number of carboxylic acids is 2. The Morgan fingerprint density at radius 2 is 2.06 bits per heavy atom. The van der Waals surface area contributed by atoms with Crippen molar-refractivity contribution in [3.05, 3.63) is 12.2 Å². The van der Waals surface area contributed by atoms with E-state index in [0.29, 0.717) is 19.3 Å². The lowest BCUT2D eigenvalue weighted by Crippen LogP contribution is -2.42. The monoisotopic (exact) mass is 228 g/mol. The predicted octanol–water partition coefficient (Wildman–Crippen LogP) is 0.881. The molecule has 5 heteroatoms. The molecule has 1 aliphatic rings. The number of allylic oxidation sites excluding steroid dienone is 1. The van der Waals surface area contributed by atoms with Gasteiger partial charge in [-0.25, -0.2) is 0 Å². The van der Waals surface area contributed by atoms with Crippen molar-refractivity contribution < 1.29 is 24.9 Å². The van der Waals surface area contributed by atoms with Gasteiger partial charge in [0.2, 0.25) is 0 Å². The molecule has 0 aromatic rings. The average molecular weight is 228 g/mol. The summed E-state index contributed by atoms with van der Waals surface area (Å²) in [5.74, 6) is -3.10. The van der Waals surface area contributed by atoms with Gasteiger partial charge in [0.25, 0.3) is 0 Å². The third-order valence-electron chi connectivity index (χ3n) is 3.10. The molecule has 0 amide bonds. The van der Waals surface area contributed by atoms with Crippen LogP contribution in [-0.4, -0.2) is 33.9 Å². The van der Waals surface area contributed by atoms with Crippen molar-refractivity contribution in [1.82, 2.24) is 0 Å². The molecule has 0 aliphatic heterocycles. The van der Waals surface area contributed by atoms with E-state index in [2.05, 4.69) is 0 Å². The molecule has 1 aliphatic carbocycles. The fourth-order valence-corrected chi connectivity index (χ4v) is 2.23. The molecule has 0 radical (unpaired) electrons. The highest BCUT2D eigenvalue weighted by molar-refractivity contribution is 5.85. The summed E-state index contributed by atoms with van der Waals surface area (Å²) < 4.78 is 0. The highest BCUT2D eigenvalue weighted by atomic mass is 16.4. The van der Waals surface area contributed by atoms with Gasteiger partial charge in [0.1, 0.15) is 0 Å². The van der Waals surface area contributed by atoms with Crippen LogP contribution in [0.4, 0.5) is 0 Å². The fourth-order valence-electron chi connectivity index (χ4n) is 2.23. The quantitative estimate of drug-likeness (QED) is 0.607. The molecule has 0 saturated carbocycles. The molecule has 90 valence electrons. The second kappa shape index (κ2) is 5.12. The van der Waals surface area contributed by atoms with Gasteiger partial charge in [-0.2, -0.15) is 0 Å². The third-order valence-corrected chi connectivity index (χ3v) is 3.10. The number of carbonyl (C=O) groups is 2. The van der Waals surface area contributed by atoms with Crippen LogP contribution in [0.5, 0.6) is 0 Å². The van der Waals surface area contributed by atoms with Gasteiger partial charge in [0, 0.05) is 6.61 Å². The van der Waals surface area contributed by atoms with Crippen LogP contribution in [0.25, 0.3) is 0 Å². The van der Waals surface area contributed by atoms with E-state index in [1.54, 1.807) is 6.08 Å². The second-order valence-electron chi connectivity index (χ2n) is 4.04. The molecule has 3 N–H and O–H groups in total. The molecule has 5 nitrogen and oxygen atoms in total. The molecule has 0 bridgehead atoms. The Morgan fingerprint density at radius 1 is 1.38 bits per heavy atom. The molecule has 2 unspecified atom stereocenters. The van der Waals surface area contributed by atoms with Gasteiger partial charge in [0.15, 0.2) is 0 Å². The maximum atomic E-state index is 11.3. The lowest BCUT2D eigenvalue weighted by atomic mass is 9.67. The van der Waals surface area contributed by atoms with Crippen LogP contribution >= 0.6 is 0 Å². The molecular formula is C11H16O5. The van der Waals surface area contributed by atoms with Crippen LogP contribution in [0.15, 0.2) is 12.2 Å². The Balaban J connectivity index is 3.02. The second-order valence-corrected chi connectivity index (χ2v) is 4.04. The topological polar surface area (TPSA) is 94.8 Å². The van der Waals surface area contributed by atoms with E-state index < -0.39 is 23.3 Å². The molecule has 0 aromatic heterocycles. The van der Waals surface area contributed by atoms with Crippen LogP contribution in [-0.2, 0) is 9.59 Å². The lowest BCUT2D eigenvalue weighted by molar-refractivity contribution is -0.160. The zero-order chi connectivity index (χ0) is 12.2. The number of aliphatic hydroxyl groups is 1. The molecule has 0 spiro atoms. The van der Waals surface area contributed by atoms with E-state index in [-0.39, 0.29) is 13.0 Å². The summed E-state index contributed by atoms with van der Waals surface area (Å²) in [5.41, 5.74) is -1.35. The maximum Gasteiger partial charge on any atom is 0.314 e. The van der Waals surface area contributed by atoms with Gasteiger partial charge < -0.3 is 15.3 Å². The largest absolute Gasteiger partial charge is 0.481 e. The summed E-state index contributed by atoms with van der Waals surface area (Å²) in [7, 11) is 0. The zero-order valence-corrected chi connectivity index (χ0v) is 8.93. The van der Waals surface area contributed by atoms with Gasteiger partial charge in [-0.15, -0.1) is 0 Å². The summed E-state index contributed by atoms with van der Waals surface area (Å²) in [6.45, 7) is -0.130. The Hall–Kier alpha value is -1.36. The Kier molecular flexibility index (Phi) is 4.06. The molecule has 0 saturated heterocycles. The molecule has 0 fully saturated rings. The highest BCUT2D eigenvalue weighted by Crippen LogP contribution is 2.41. The Morgan fingerprint density at radius 3 is 2.56 bits per heavy atom. The Bertz CT molecular complexity index is 309. The summed E-state index contributed by atoms with van der Waals surface area (Å²) in [6, 6.07) is 0. The molecule has 0 heterocycles. The number of aliphatic hydroxyl groups excluding tert-OH is 1. The van der Waals surface area contributed by atoms with Crippen molar-refractivity contribution in [2.75, 3.05) is 6.61 Å². The normalized spacial score (nSPS) is 28.9. The number of hydrogen-bond donors (Lipinski definition) is 3. The van der Waals surface area contributed by atoms with E-state index in [1.807, 2.05) is 0 Å². The van der Waals surface area contributed by atoms with Crippen LogP contribution in [0.3, 0.4) is 0 Å². The molecule has 16 heavy (non-hydrogen) atoms. The third kappa shape index (κ3) is 2.24. The first kappa shape index (κ1) is 12.7. The zero-order valence-electron chi connectivity index (χ0n) is 8.93. The van der Waals surface area contributed by atoms with Gasteiger partial charge in [-0.05, 0) is 25.7 Å². The van der Waals surface area contributed by atoms with Crippen molar-refractivity contribution in [2.24, 2.45) is 11.3 Å². The highest BCUT2D eigenvalue weighted by Gasteiger charge is 2.48. The first-order valence-electron chi connectivity index (χ1n) is 5.29. The maximum absolute atomic E-state index is 11.3. The van der Waals surface area contributed by atoms with E-state index in [1.165, 1.54) is 6.08 Å². The average Bonchev–Trinajstić information content (AvgIpc) is 2.26. The SMILES string of the molecule is O=C(O)C1CCC=CC1(CCCO)C(=O)O. The number of hydrogen-bond acceptors (Lipinski definition) is 3. The van der Waals surface area contributed by atoms with Gasteiger partial charge in [-0.3, -0.25) is 9.59 Å². The van der Waals surface area contributed by atoms with Crippen molar-refractivity contribution in [2.45, 2.75) is 25.7 Å². The lowest BCUT2D eigenvalue weighted by Gasteiger charge is -2.34. The predicted molar refractivity (Wildman–Crippen MR) is 55.9 cm³/mol. The van der Waals surface area contributed by atoms with Crippen molar-refractivity contribution in [3.8, 4) is 0 Å². The van der Waals surface area contributed by atoms with E-state index in [9.17, 15) is 14.7 Å². The smallest absolute Gasteiger partial charge is 0.314 e. The van der Waals surface area contributed by atoms with Crippen molar-refractivity contribution in [3.63, 3.8) is 0 Å². The van der Waals surface area contributed by atoms with Gasteiger partial charge in [0.05, 0.1) is 11.3 Å². The molecule has 0 aromatic carbocycles. The standard InChI is InChI=1S/C11H16O5/c12-7-3-6-11(10(15)16)5-2-1-4-8(11)9(13)14/h2,5,8,12H,1,3-4,6-7H2,(H,13,14)(H,15,16). The summed E-state index contributed by atoms with van der Waals surface area (Å²) in [6.07, 6.45) is 4.57. The minimum atomic E-state index is -1.35. The molecule has 2 atom stereocenters. The fraction of sp³-hybridized carbons (Fsp3) is 0.636. The van der Waals surface area contributed by atoms with Crippen LogP contribution in [0.1, 0.15) is 25.7 Å². The first-order chi connectivity index (χ1) is 7.54.